The summed E-state index contributed by atoms with van der Waals surface area (Å²) in [6.45, 7) is 0.151. The van der Waals surface area contributed by atoms with E-state index in [1.165, 1.54) is 11.6 Å². The average molecular weight is 359 g/mol. The van der Waals surface area contributed by atoms with Gasteiger partial charge in [-0.25, -0.2) is 4.79 Å². The molecule has 9 nitrogen and oxygen atoms in total. The van der Waals surface area contributed by atoms with Crippen LogP contribution in [0.2, 0.25) is 0 Å². The van der Waals surface area contributed by atoms with Crippen molar-refractivity contribution in [3.63, 3.8) is 0 Å². The van der Waals surface area contributed by atoms with Crippen molar-refractivity contribution in [2.24, 2.45) is 7.05 Å². The van der Waals surface area contributed by atoms with Crippen LogP contribution in [0.5, 0.6) is 5.75 Å². The van der Waals surface area contributed by atoms with E-state index >= 15 is 0 Å². The molecule has 0 unspecified atom stereocenters. The summed E-state index contributed by atoms with van der Waals surface area (Å²) in [4.78, 5) is 32.5. The van der Waals surface area contributed by atoms with E-state index in [1.807, 2.05) is 18.2 Å². The molecule has 26 heavy (non-hydrogen) atoms. The number of benzene rings is 1. The van der Waals surface area contributed by atoms with E-state index < -0.39 is 17.4 Å². The molecule has 1 aromatic carbocycles. The number of nitrogens with one attached hydrogen (secondary N) is 1. The van der Waals surface area contributed by atoms with E-state index in [4.69, 9.17) is 4.74 Å². The fraction of sp³-hybridized carbons (Fsp3) is 0.353. The zero-order valence-electron chi connectivity index (χ0n) is 14.8. The Morgan fingerprint density at radius 1 is 1.27 bits per heavy atom. The summed E-state index contributed by atoms with van der Waals surface area (Å²) in [6, 6.07) is 9.15. The third kappa shape index (κ3) is 3.33. The molecule has 3 rings (SSSR count). The molecule has 0 radical (unpaired) electrons. The molecule has 9 heteroatoms. The number of aromatic nitrogens is 4. The monoisotopic (exact) mass is 359 g/mol. The lowest BCUT2D eigenvalue weighted by atomic mass is 10.3. The van der Waals surface area contributed by atoms with E-state index in [0.717, 1.165) is 0 Å². The number of rotatable bonds is 6. The van der Waals surface area contributed by atoms with Gasteiger partial charge in [-0.1, -0.05) is 18.2 Å². The van der Waals surface area contributed by atoms with E-state index in [0.29, 0.717) is 11.7 Å². The standard InChI is InChI=1S/C17H21N5O4/c1-20(2)16-18-14-13(15(24)19-17(25)21(14)3)22(16)9-11(23)10-26-12-7-5-4-6-8-12/h4-8,11,23H,9-10H2,1-3H3,(H,19,24,25)/t11-/m1/s1. The van der Waals surface area contributed by atoms with Gasteiger partial charge in [0, 0.05) is 21.1 Å². The average Bonchev–Trinajstić information content (AvgIpc) is 2.99. The number of aliphatic hydroxyl groups excluding tert-OH is 1. The van der Waals surface area contributed by atoms with Gasteiger partial charge >= 0.3 is 5.69 Å². The van der Waals surface area contributed by atoms with Crippen molar-refractivity contribution in [1.29, 1.82) is 0 Å². The van der Waals surface area contributed by atoms with Gasteiger partial charge in [0.05, 0.1) is 6.54 Å². The van der Waals surface area contributed by atoms with E-state index in [9.17, 15) is 14.7 Å². The Balaban J connectivity index is 1.93. The Morgan fingerprint density at radius 3 is 2.62 bits per heavy atom. The molecular weight excluding hydrogens is 338 g/mol. The molecule has 0 amide bonds. The minimum atomic E-state index is -0.872. The predicted octanol–water partition coefficient (Wildman–Crippen LogP) is -0.0708. The Bertz CT molecular complexity index is 1020. The number of H-pyrrole nitrogens is 1. The highest BCUT2D eigenvalue weighted by Gasteiger charge is 2.20. The molecule has 138 valence electrons. The SMILES string of the molecule is CN(C)c1nc2c(c(=O)[nH]c(=O)n2C)n1C[C@@H](O)COc1ccccc1. The van der Waals surface area contributed by atoms with Gasteiger partial charge in [-0.05, 0) is 12.1 Å². The third-order valence-electron chi connectivity index (χ3n) is 3.97. The summed E-state index contributed by atoms with van der Waals surface area (Å²) in [7, 11) is 5.08. The lowest BCUT2D eigenvalue weighted by Gasteiger charge is -2.18. The predicted molar refractivity (Wildman–Crippen MR) is 97.9 cm³/mol. The van der Waals surface area contributed by atoms with Crippen LogP contribution in [-0.2, 0) is 13.6 Å². The number of imidazole rings is 1. The first-order valence-corrected chi connectivity index (χ1v) is 8.11. The molecular formula is C17H21N5O4. The summed E-state index contributed by atoms with van der Waals surface area (Å²) in [5.74, 6) is 1.11. The van der Waals surface area contributed by atoms with Gasteiger partial charge in [-0.2, -0.15) is 4.98 Å². The molecule has 2 heterocycles. The Hall–Kier alpha value is -3.07. The molecule has 0 bridgehead atoms. The van der Waals surface area contributed by atoms with E-state index in [2.05, 4.69) is 9.97 Å². The summed E-state index contributed by atoms with van der Waals surface area (Å²) in [6.07, 6.45) is -0.872. The van der Waals surface area contributed by atoms with Gasteiger partial charge in [0.15, 0.2) is 11.2 Å². The lowest BCUT2D eigenvalue weighted by Crippen LogP contribution is -2.31. The summed E-state index contributed by atoms with van der Waals surface area (Å²) in [5.41, 5.74) is -0.585. The van der Waals surface area contributed by atoms with Crippen LogP contribution in [0.25, 0.3) is 11.2 Å². The van der Waals surface area contributed by atoms with Crippen LogP contribution in [-0.4, -0.2) is 51.0 Å². The maximum atomic E-state index is 12.3. The summed E-state index contributed by atoms with van der Waals surface area (Å²) in [5, 5.41) is 10.4. The van der Waals surface area contributed by atoms with Crippen LogP contribution in [0.15, 0.2) is 39.9 Å². The number of aliphatic hydroxyl groups is 1. The second-order valence-electron chi connectivity index (χ2n) is 6.19. The molecule has 0 fully saturated rings. The van der Waals surface area contributed by atoms with Gasteiger partial charge in [0.2, 0.25) is 5.95 Å². The van der Waals surface area contributed by atoms with Crippen molar-refractivity contribution in [3.8, 4) is 5.75 Å². The van der Waals surface area contributed by atoms with E-state index in [-0.39, 0.29) is 24.3 Å². The van der Waals surface area contributed by atoms with Gasteiger partial charge in [0.25, 0.3) is 5.56 Å². The number of ether oxygens (including phenoxy) is 1. The number of aryl methyl sites for hydroxylation is 1. The van der Waals surface area contributed by atoms with Crippen LogP contribution < -0.4 is 20.9 Å². The number of fused-ring (bicyclic) bond motifs is 1. The number of hydrogen-bond acceptors (Lipinski definition) is 6. The maximum Gasteiger partial charge on any atom is 0.329 e. The van der Waals surface area contributed by atoms with Crippen molar-refractivity contribution in [3.05, 3.63) is 51.2 Å². The van der Waals surface area contributed by atoms with Crippen LogP contribution >= 0.6 is 0 Å². The third-order valence-corrected chi connectivity index (χ3v) is 3.97. The van der Waals surface area contributed by atoms with Crippen molar-refractivity contribution in [1.82, 2.24) is 19.1 Å². The largest absolute Gasteiger partial charge is 0.491 e. The first-order valence-electron chi connectivity index (χ1n) is 8.11. The van der Waals surface area contributed by atoms with Gasteiger partial charge in [-0.15, -0.1) is 0 Å². The van der Waals surface area contributed by atoms with Crippen molar-refractivity contribution in [2.45, 2.75) is 12.6 Å². The zero-order chi connectivity index (χ0) is 18.8. The molecule has 0 saturated heterocycles. The maximum absolute atomic E-state index is 12.3. The minimum Gasteiger partial charge on any atom is -0.491 e. The quantitative estimate of drug-likeness (QED) is 0.638. The molecule has 1 atom stereocenters. The fourth-order valence-corrected chi connectivity index (χ4v) is 2.71. The number of aromatic amines is 1. The number of anilines is 1. The molecule has 0 saturated carbocycles. The second kappa shape index (κ2) is 7.04. The van der Waals surface area contributed by atoms with Crippen LogP contribution in [0, 0.1) is 0 Å². The van der Waals surface area contributed by atoms with Gasteiger partial charge < -0.3 is 19.3 Å². The topological polar surface area (TPSA) is 105 Å². The van der Waals surface area contributed by atoms with Crippen LogP contribution in [0.1, 0.15) is 0 Å². The van der Waals surface area contributed by atoms with Crippen molar-refractivity contribution >= 4 is 17.1 Å². The van der Waals surface area contributed by atoms with E-state index in [1.54, 1.807) is 35.7 Å². The first kappa shape index (κ1) is 17.7. The first-order chi connectivity index (χ1) is 12.4. The van der Waals surface area contributed by atoms with Crippen LogP contribution in [0.3, 0.4) is 0 Å². The van der Waals surface area contributed by atoms with Crippen molar-refractivity contribution in [2.75, 3.05) is 25.6 Å². The van der Waals surface area contributed by atoms with Crippen molar-refractivity contribution < 1.29 is 9.84 Å². The Morgan fingerprint density at radius 2 is 1.96 bits per heavy atom. The highest BCUT2D eigenvalue weighted by atomic mass is 16.5. The smallest absolute Gasteiger partial charge is 0.329 e. The summed E-state index contributed by atoms with van der Waals surface area (Å²) >= 11 is 0. The highest BCUT2D eigenvalue weighted by molar-refractivity contribution is 5.74. The second-order valence-corrected chi connectivity index (χ2v) is 6.19. The molecule has 2 N–H and O–H groups in total. The van der Waals surface area contributed by atoms with Crippen LogP contribution in [0.4, 0.5) is 5.95 Å². The Kier molecular flexibility index (Phi) is 4.81. The number of nitrogens with zero attached hydrogens (tertiary/aromatic N) is 4. The highest BCUT2D eigenvalue weighted by Crippen LogP contribution is 2.18. The molecule has 0 aliphatic rings. The minimum absolute atomic E-state index is 0.0558. The number of para-hydroxylation sites is 1. The lowest BCUT2D eigenvalue weighted by molar-refractivity contribution is 0.0937. The zero-order valence-corrected chi connectivity index (χ0v) is 14.8. The fourth-order valence-electron chi connectivity index (χ4n) is 2.71. The molecule has 0 aliphatic carbocycles. The van der Waals surface area contributed by atoms with Gasteiger partial charge in [0.1, 0.15) is 18.5 Å². The van der Waals surface area contributed by atoms with Gasteiger partial charge in [-0.3, -0.25) is 14.3 Å². The number of hydrogen-bond donors (Lipinski definition) is 2. The molecule has 3 aromatic rings. The summed E-state index contributed by atoms with van der Waals surface area (Å²) < 4.78 is 8.42. The molecule has 2 aromatic heterocycles. The Labute approximate surface area is 149 Å². The molecule has 0 spiro atoms. The molecule has 0 aliphatic heterocycles. The normalized spacial score (nSPS) is 12.3.